The number of nitrogens with zero attached hydrogens (tertiary/aromatic N) is 4. The van der Waals surface area contributed by atoms with Crippen LogP contribution in [0.25, 0.3) is 0 Å². The van der Waals surface area contributed by atoms with E-state index in [9.17, 15) is 18.0 Å². The fourth-order valence-corrected chi connectivity index (χ4v) is 2.74. The molecule has 0 amide bonds. The molecule has 2 aromatic rings. The molecule has 2 aromatic heterocycles. The van der Waals surface area contributed by atoms with Crippen LogP contribution in [-0.2, 0) is 19.3 Å². The monoisotopic (exact) mass is 369 g/mol. The minimum atomic E-state index is -4.77. The Morgan fingerprint density at radius 3 is 2.77 bits per heavy atom. The van der Waals surface area contributed by atoms with Gasteiger partial charge in [0.25, 0.3) is 5.56 Å². The van der Waals surface area contributed by atoms with Gasteiger partial charge in [-0.05, 0) is 25.7 Å². The zero-order valence-corrected chi connectivity index (χ0v) is 14.3. The number of fused-ring (bicyclic) bond motifs is 1. The highest BCUT2D eigenvalue weighted by Crippen LogP contribution is 2.36. The molecule has 3 heterocycles. The van der Waals surface area contributed by atoms with E-state index in [0.29, 0.717) is 18.1 Å². The van der Waals surface area contributed by atoms with Gasteiger partial charge in [-0.3, -0.25) is 9.78 Å². The SMILES string of the molecule is CN(C)CCOc1cnc2c(c1)CN(c1cn[nH]c(=O)c1C(F)(F)F)C2. The van der Waals surface area contributed by atoms with Crippen molar-refractivity contribution in [1.29, 1.82) is 0 Å². The Morgan fingerprint density at radius 2 is 2.08 bits per heavy atom. The van der Waals surface area contributed by atoms with E-state index in [4.69, 9.17) is 4.74 Å². The van der Waals surface area contributed by atoms with Crippen LogP contribution in [0.15, 0.2) is 23.3 Å². The number of hydrogen-bond donors (Lipinski definition) is 1. The minimum absolute atomic E-state index is 0.168. The van der Waals surface area contributed by atoms with Crippen LogP contribution in [0, 0.1) is 0 Å². The second kappa shape index (κ2) is 6.94. The van der Waals surface area contributed by atoms with Crippen molar-refractivity contribution in [2.75, 3.05) is 32.1 Å². The zero-order valence-electron chi connectivity index (χ0n) is 14.3. The van der Waals surface area contributed by atoms with E-state index < -0.39 is 17.3 Å². The molecule has 0 aromatic carbocycles. The van der Waals surface area contributed by atoms with E-state index in [1.54, 1.807) is 12.3 Å². The average Bonchev–Trinajstić information content (AvgIpc) is 2.96. The normalized spacial score (nSPS) is 14.0. The van der Waals surface area contributed by atoms with Gasteiger partial charge in [0, 0.05) is 13.1 Å². The molecule has 0 saturated heterocycles. The molecule has 0 aliphatic carbocycles. The molecule has 26 heavy (non-hydrogen) atoms. The van der Waals surface area contributed by atoms with Gasteiger partial charge in [-0.2, -0.15) is 18.3 Å². The van der Waals surface area contributed by atoms with Gasteiger partial charge in [-0.1, -0.05) is 0 Å². The van der Waals surface area contributed by atoms with Crippen molar-refractivity contribution >= 4 is 5.69 Å². The smallest absolute Gasteiger partial charge is 0.423 e. The molecule has 0 fully saturated rings. The largest absolute Gasteiger partial charge is 0.491 e. The standard InChI is InChI=1S/C16H18F3N5O2/c1-23(2)3-4-26-11-5-10-8-24(9-12(10)20-6-11)13-7-21-22-15(25)14(13)16(17,18)19/h5-7H,3-4,8-9H2,1-2H3,(H,22,25). The summed E-state index contributed by atoms with van der Waals surface area (Å²) in [7, 11) is 3.85. The van der Waals surface area contributed by atoms with Crippen LogP contribution >= 0.6 is 0 Å². The number of H-pyrrole nitrogens is 1. The van der Waals surface area contributed by atoms with Crippen molar-refractivity contribution in [3.8, 4) is 5.75 Å². The Kier molecular flexibility index (Phi) is 4.86. The van der Waals surface area contributed by atoms with Crippen molar-refractivity contribution < 1.29 is 17.9 Å². The summed E-state index contributed by atoms with van der Waals surface area (Å²) in [4.78, 5) is 19.3. The van der Waals surface area contributed by atoms with Crippen LogP contribution in [-0.4, -0.2) is 47.3 Å². The summed E-state index contributed by atoms with van der Waals surface area (Å²) < 4.78 is 45.3. The number of aromatic amines is 1. The molecular weight excluding hydrogens is 351 g/mol. The van der Waals surface area contributed by atoms with Gasteiger partial charge >= 0.3 is 6.18 Å². The molecule has 0 spiro atoms. The Balaban J connectivity index is 1.81. The van der Waals surface area contributed by atoms with Crippen molar-refractivity contribution in [3.05, 3.63) is 45.6 Å². The number of halogens is 3. The summed E-state index contributed by atoms with van der Waals surface area (Å²) >= 11 is 0. The Morgan fingerprint density at radius 1 is 1.31 bits per heavy atom. The Hall–Kier alpha value is -2.62. The van der Waals surface area contributed by atoms with Gasteiger partial charge in [0.05, 0.1) is 30.3 Å². The van der Waals surface area contributed by atoms with E-state index in [-0.39, 0.29) is 18.8 Å². The molecule has 7 nitrogen and oxygen atoms in total. The number of anilines is 1. The predicted molar refractivity (Wildman–Crippen MR) is 88.0 cm³/mol. The Labute approximate surface area is 147 Å². The first-order valence-corrected chi connectivity index (χ1v) is 7.91. The van der Waals surface area contributed by atoms with Crippen molar-refractivity contribution in [2.45, 2.75) is 19.3 Å². The van der Waals surface area contributed by atoms with Gasteiger partial charge in [0.2, 0.25) is 0 Å². The fourth-order valence-electron chi connectivity index (χ4n) is 2.74. The maximum Gasteiger partial charge on any atom is 0.423 e. The molecule has 0 atom stereocenters. The molecule has 10 heteroatoms. The fraction of sp³-hybridized carbons (Fsp3) is 0.438. The third-order valence-corrected chi connectivity index (χ3v) is 4.00. The number of likely N-dealkylation sites (N-methyl/N-ethyl adjacent to an activating group) is 1. The average molecular weight is 369 g/mol. The maximum atomic E-state index is 13.2. The highest BCUT2D eigenvalue weighted by atomic mass is 19.4. The minimum Gasteiger partial charge on any atom is -0.491 e. The lowest BCUT2D eigenvalue weighted by Gasteiger charge is -2.20. The van der Waals surface area contributed by atoms with Crippen LogP contribution in [0.5, 0.6) is 5.75 Å². The zero-order chi connectivity index (χ0) is 18.9. The van der Waals surface area contributed by atoms with Crippen LogP contribution in [0.3, 0.4) is 0 Å². The summed E-state index contributed by atoms with van der Waals surface area (Å²) in [5.74, 6) is 0.563. The number of hydrogen-bond acceptors (Lipinski definition) is 6. The van der Waals surface area contributed by atoms with Crippen molar-refractivity contribution in [3.63, 3.8) is 0 Å². The summed E-state index contributed by atoms with van der Waals surface area (Å²) in [6, 6.07) is 1.77. The second-order valence-corrected chi connectivity index (χ2v) is 6.24. The van der Waals surface area contributed by atoms with Gasteiger partial charge in [0.1, 0.15) is 17.9 Å². The lowest BCUT2D eigenvalue weighted by Crippen LogP contribution is -2.28. The first-order valence-electron chi connectivity index (χ1n) is 7.91. The molecule has 1 aliphatic heterocycles. The predicted octanol–water partition coefficient (Wildman–Crippen LogP) is 1.64. The molecule has 0 bridgehead atoms. The molecule has 0 unspecified atom stereocenters. The molecule has 0 radical (unpaired) electrons. The molecular formula is C16H18F3N5O2. The van der Waals surface area contributed by atoms with E-state index >= 15 is 0 Å². The first kappa shape index (κ1) is 18.2. The molecule has 1 N–H and O–H groups in total. The summed E-state index contributed by atoms with van der Waals surface area (Å²) in [6.07, 6.45) is -2.20. The third kappa shape index (κ3) is 3.79. The number of pyridine rings is 1. The van der Waals surface area contributed by atoms with Gasteiger partial charge < -0.3 is 14.5 Å². The van der Waals surface area contributed by atoms with Gasteiger partial charge in [0.15, 0.2) is 0 Å². The van der Waals surface area contributed by atoms with E-state index in [0.717, 1.165) is 18.3 Å². The summed E-state index contributed by atoms with van der Waals surface area (Å²) in [5.41, 5.74) is -1.34. The number of alkyl halides is 3. The summed E-state index contributed by atoms with van der Waals surface area (Å²) in [6.45, 7) is 1.58. The van der Waals surface area contributed by atoms with Gasteiger partial charge in [-0.15, -0.1) is 0 Å². The number of aromatic nitrogens is 3. The van der Waals surface area contributed by atoms with Crippen LogP contribution in [0.2, 0.25) is 0 Å². The topological polar surface area (TPSA) is 74.3 Å². The van der Waals surface area contributed by atoms with Crippen LogP contribution in [0.1, 0.15) is 16.8 Å². The third-order valence-electron chi connectivity index (χ3n) is 4.00. The van der Waals surface area contributed by atoms with Crippen molar-refractivity contribution in [2.24, 2.45) is 0 Å². The van der Waals surface area contributed by atoms with Crippen molar-refractivity contribution in [1.82, 2.24) is 20.1 Å². The van der Waals surface area contributed by atoms with E-state index in [1.807, 2.05) is 24.1 Å². The second-order valence-electron chi connectivity index (χ2n) is 6.24. The lowest BCUT2D eigenvalue weighted by atomic mass is 10.2. The van der Waals surface area contributed by atoms with Gasteiger partial charge in [-0.25, -0.2) is 5.10 Å². The number of nitrogens with one attached hydrogen (secondary N) is 1. The highest BCUT2D eigenvalue weighted by Gasteiger charge is 2.39. The lowest BCUT2D eigenvalue weighted by molar-refractivity contribution is -0.138. The number of rotatable bonds is 5. The molecule has 1 aliphatic rings. The van der Waals surface area contributed by atoms with Crippen LogP contribution < -0.4 is 15.2 Å². The van der Waals surface area contributed by atoms with Crippen LogP contribution in [0.4, 0.5) is 18.9 Å². The van der Waals surface area contributed by atoms with E-state index in [2.05, 4.69) is 10.1 Å². The number of ether oxygens (including phenoxy) is 1. The summed E-state index contributed by atoms with van der Waals surface area (Å²) in [5, 5.41) is 5.35. The highest BCUT2D eigenvalue weighted by molar-refractivity contribution is 5.55. The molecule has 0 saturated carbocycles. The quantitative estimate of drug-likeness (QED) is 0.864. The first-order chi connectivity index (χ1) is 12.3. The Bertz CT molecular complexity index is 851. The molecule has 140 valence electrons. The maximum absolute atomic E-state index is 13.2. The van der Waals surface area contributed by atoms with E-state index in [1.165, 1.54) is 4.90 Å². The molecule has 3 rings (SSSR count).